The van der Waals surface area contributed by atoms with Crippen LogP contribution in [0.3, 0.4) is 0 Å². The van der Waals surface area contributed by atoms with Crippen molar-refractivity contribution < 1.29 is 18.3 Å². The van der Waals surface area contributed by atoms with Crippen molar-refractivity contribution in [2.24, 2.45) is 0 Å². The number of nitrogens with one attached hydrogen (secondary N) is 1. The maximum Gasteiger partial charge on any atom is 0.260 e. The fraction of sp³-hybridized carbons (Fsp3) is 0.458. The minimum absolute atomic E-state index is 0.201. The molecular weight excluding hydrogens is 386 g/mol. The first kappa shape index (κ1) is 22.2. The molecule has 0 radical (unpaired) electrons. The zero-order valence-corrected chi connectivity index (χ0v) is 18.3. The summed E-state index contributed by atoms with van der Waals surface area (Å²) in [5, 5.41) is 3.59. The van der Waals surface area contributed by atoms with Crippen LogP contribution in [-0.2, 0) is 6.54 Å². The van der Waals surface area contributed by atoms with Gasteiger partial charge in [-0.1, -0.05) is 24.3 Å². The van der Waals surface area contributed by atoms with Gasteiger partial charge in [-0.25, -0.2) is 8.78 Å². The summed E-state index contributed by atoms with van der Waals surface area (Å²) < 4.78 is 34.4. The molecule has 0 unspecified atom stereocenters. The van der Waals surface area contributed by atoms with Crippen LogP contribution in [0.4, 0.5) is 8.78 Å². The van der Waals surface area contributed by atoms with Crippen molar-refractivity contribution in [3.05, 3.63) is 65.2 Å². The Morgan fingerprint density at radius 3 is 2.17 bits per heavy atom. The van der Waals surface area contributed by atoms with Crippen LogP contribution in [0.15, 0.2) is 42.5 Å². The van der Waals surface area contributed by atoms with E-state index >= 15 is 0 Å². The van der Waals surface area contributed by atoms with Gasteiger partial charge in [0.1, 0.15) is 22.9 Å². The topological polar surface area (TPSA) is 41.6 Å². The van der Waals surface area contributed by atoms with Crippen molar-refractivity contribution in [2.45, 2.75) is 64.2 Å². The van der Waals surface area contributed by atoms with E-state index in [0.717, 1.165) is 17.7 Å². The molecule has 1 aliphatic heterocycles. The van der Waals surface area contributed by atoms with E-state index in [1.807, 2.05) is 24.3 Å². The molecule has 1 aliphatic rings. The van der Waals surface area contributed by atoms with Crippen LogP contribution in [0, 0.1) is 11.6 Å². The Bertz CT molecular complexity index is 891. The van der Waals surface area contributed by atoms with E-state index in [2.05, 4.69) is 33.0 Å². The number of methoxy groups -OCH3 is 1. The van der Waals surface area contributed by atoms with Gasteiger partial charge in [-0.3, -0.25) is 4.79 Å². The molecule has 0 saturated carbocycles. The molecule has 1 amide bonds. The second-order valence-corrected chi connectivity index (χ2v) is 9.30. The normalized spacial score (nSPS) is 18.1. The number of nitrogens with zero attached hydrogens (tertiary/aromatic N) is 1. The predicted molar refractivity (Wildman–Crippen MR) is 114 cm³/mol. The van der Waals surface area contributed by atoms with Crippen molar-refractivity contribution in [2.75, 3.05) is 7.11 Å². The monoisotopic (exact) mass is 416 g/mol. The molecular formula is C24H30F2N2O2. The van der Waals surface area contributed by atoms with Crippen molar-refractivity contribution >= 4 is 5.91 Å². The summed E-state index contributed by atoms with van der Waals surface area (Å²) in [6.45, 7) is 8.52. The lowest BCUT2D eigenvalue weighted by atomic mass is 9.78. The van der Waals surface area contributed by atoms with Gasteiger partial charge in [-0.15, -0.1) is 0 Å². The lowest BCUT2D eigenvalue weighted by Gasteiger charge is -2.49. The van der Waals surface area contributed by atoms with Gasteiger partial charge in [0.05, 0.1) is 7.11 Å². The third kappa shape index (κ3) is 4.81. The van der Waals surface area contributed by atoms with Crippen molar-refractivity contribution in [3.8, 4) is 5.75 Å². The van der Waals surface area contributed by atoms with Crippen LogP contribution in [0.1, 0.15) is 56.5 Å². The van der Waals surface area contributed by atoms with Gasteiger partial charge < -0.3 is 15.0 Å². The second-order valence-electron chi connectivity index (χ2n) is 9.30. The lowest BCUT2D eigenvalue weighted by Crippen LogP contribution is -2.62. The average Bonchev–Trinajstić information content (AvgIpc) is 2.63. The molecule has 0 atom stereocenters. The number of ether oxygens (including phenoxy) is 1. The van der Waals surface area contributed by atoms with Crippen LogP contribution >= 0.6 is 0 Å². The highest BCUT2D eigenvalue weighted by atomic mass is 19.1. The third-order valence-electron chi connectivity index (χ3n) is 5.58. The Morgan fingerprint density at radius 2 is 1.60 bits per heavy atom. The Labute approximate surface area is 177 Å². The van der Waals surface area contributed by atoms with E-state index in [0.29, 0.717) is 18.6 Å². The molecule has 162 valence electrons. The van der Waals surface area contributed by atoms with E-state index in [9.17, 15) is 13.6 Å². The zero-order chi connectivity index (χ0) is 22.1. The van der Waals surface area contributed by atoms with Gasteiger partial charge in [0.15, 0.2) is 0 Å². The molecule has 0 spiro atoms. The Morgan fingerprint density at radius 1 is 1.03 bits per heavy atom. The van der Waals surface area contributed by atoms with Crippen molar-refractivity contribution in [1.82, 2.24) is 10.2 Å². The van der Waals surface area contributed by atoms with Gasteiger partial charge in [0, 0.05) is 29.2 Å². The van der Waals surface area contributed by atoms with Gasteiger partial charge in [0.25, 0.3) is 5.91 Å². The van der Waals surface area contributed by atoms with E-state index in [1.165, 1.54) is 6.07 Å². The number of hydrogen-bond acceptors (Lipinski definition) is 3. The molecule has 1 heterocycles. The first-order valence-electron chi connectivity index (χ1n) is 10.2. The lowest BCUT2D eigenvalue weighted by molar-refractivity contribution is 0.0409. The van der Waals surface area contributed by atoms with Crippen LogP contribution < -0.4 is 10.1 Å². The number of halogens is 2. The molecule has 1 fully saturated rings. The quantitative estimate of drug-likeness (QED) is 0.752. The summed E-state index contributed by atoms with van der Waals surface area (Å²) in [7, 11) is 1.57. The largest absolute Gasteiger partial charge is 0.496 e. The maximum atomic E-state index is 14.5. The molecule has 0 aromatic heterocycles. The standard InChI is InChI=1S/C24H30F2N2O2/c1-23(2)13-17(14-24(3,4)27-23)28(15-16-9-6-7-12-20(16)30-5)22(29)21-18(25)10-8-11-19(21)26/h6-12,17,27H,13-15H2,1-5H3. The van der Waals surface area contributed by atoms with E-state index < -0.39 is 23.1 Å². The maximum absolute atomic E-state index is 14.5. The second kappa shape index (κ2) is 8.34. The number of piperidine rings is 1. The molecule has 1 saturated heterocycles. The summed E-state index contributed by atoms with van der Waals surface area (Å²) in [6.07, 6.45) is 1.32. The van der Waals surface area contributed by atoms with Crippen LogP contribution in [0.5, 0.6) is 5.75 Å². The SMILES string of the molecule is COc1ccccc1CN(C(=O)c1c(F)cccc1F)C1CC(C)(C)NC(C)(C)C1. The fourth-order valence-corrected chi connectivity index (χ4v) is 4.72. The van der Waals surface area contributed by atoms with Gasteiger partial charge in [-0.05, 0) is 58.7 Å². The molecule has 3 rings (SSSR count). The Hall–Kier alpha value is -2.47. The number of carbonyl (C=O) groups is 1. The smallest absolute Gasteiger partial charge is 0.260 e. The molecule has 6 heteroatoms. The highest BCUT2D eigenvalue weighted by Gasteiger charge is 2.42. The van der Waals surface area contributed by atoms with Crippen molar-refractivity contribution in [1.29, 1.82) is 0 Å². The molecule has 0 aliphatic carbocycles. The average molecular weight is 417 g/mol. The number of amides is 1. The molecule has 4 nitrogen and oxygen atoms in total. The number of para-hydroxylation sites is 1. The summed E-state index contributed by atoms with van der Waals surface area (Å²) in [5.74, 6) is -1.71. The molecule has 2 aromatic carbocycles. The highest BCUT2D eigenvalue weighted by molar-refractivity contribution is 5.95. The number of rotatable bonds is 5. The third-order valence-corrected chi connectivity index (χ3v) is 5.58. The first-order chi connectivity index (χ1) is 14.0. The fourth-order valence-electron chi connectivity index (χ4n) is 4.72. The zero-order valence-electron chi connectivity index (χ0n) is 18.3. The van der Waals surface area contributed by atoms with Gasteiger partial charge >= 0.3 is 0 Å². The van der Waals surface area contributed by atoms with E-state index in [1.54, 1.807) is 12.0 Å². The summed E-state index contributed by atoms with van der Waals surface area (Å²) in [6, 6.07) is 10.7. The minimum Gasteiger partial charge on any atom is -0.496 e. The Kier molecular flexibility index (Phi) is 6.18. The van der Waals surface area contributed by atoms with Gasteiger partial charge in [0.2, 0.25) is 0 Å². The predicted octanol–water partition coefficient (Wildman–Crippen LogP) is 4.93. The summed E-state index contributed by atoms with van der Waals surface area (Å²) in [4.78, 5) is 15.1. The molecule has 1 N–H and O–H groups in total. The van der Waals surface area contributed by atoms with E-state index in [-0.39, 0.29) is 23.7 Å². The summed E-state index contributed by atoms with van der Waals surface area (Å²) in [5.41, 5.74) is -0.195. The molecule has 2 aromatic rings. The highest BCUT2D eigenvalue weighted by Crippen LogP contribution is 2.34. The summed E-state index contributed by atoms with van der Waals surface area (Å²) >= 11 is 0. The van der Waals surface area contributed by atoms with Crippen molar-refractivity contribution in [3.63, 3.8) is 0 Å². The van der Waals surface area contributed by atoms with Gasteiger partial charge in [-0.2, -0.15) is 0 Å². The molecule has 30 heavy (non-hydrogen) atoms. The Balaban J connectivity index is 2.06. The first-order valence-corrected chi connectivity index (χ1v) is 10.2. The van der Waals surface area contributed by atoms with E-state index in [4.69, 9.17) is 4.74 Å². The minimum atomic E-state index is -0.850. The molecule has 0 bridgehead atoms. The number of carbonyl (C=O) groups excluding carboxylic acids is 1. The van der Waals surface area contributed by atoms with Crippen LogP contribution in [0.25, 0.3) is 0 Å². The van der Waals surface area contributed by atoms with Crippen LogP contribution in [0.2, 0.25) is 0 Å². The number of hydrogen-bond donors (Lipinski definition) is 1. The van der Waals surface area contributed by atoms with Crippen LogP contribution in [-0.4, -0.2) is 35.0 Å². The number of benzene rings is 2.